The molecule has 3 heteroatoms. The van der Waals surface area contributed by atoms with E-state index in [9.17, 15) is 0 Å². The summed E-state index contributed by atoms with van der Waals surface area (Å²) < 4.78 is 5.79. The summed E-state index contributed by atoms with van der Waals surface area (Å²) >= 11 is 9.58. The van der Waals surface area contributed by atoms with E-state index in [2.05, 4.69) is 28.1 Å². The van der Waals surface area contributed by atoms with E-state index in [4.69, 9.17) is 16.0 Å². The van der Waals surface area contributed by atoms with E-state index >= 15 is 0 Å². The fourth-order valence-electron chi connectivity index (χ4n) is 2.16. The summed E-state index contributed by atoms with van der Waals surface area (Å²) in [6.45, 7) is 0. The Labute approximate surface area is 101 Å². The first-order valence-corrected chi connectivity index (χ1v) is 6.37. The Morgan fingerprint density at radius 1 is 1.40 bits per heavy atom. The lowest BCUT2D eigenvalue weighted by atomic mass is 10.0. The van der Waals surface area contributed by atoms with Crippen molar-refractivity contribution in [3.63, 3.8) is 0 Å². The number of fused-ring (bicyclic) bond motifs is 3. The highest BCUT2D eigenvalue weighted by Crippen LogP contribution is 2.24. The van der Waals surface area contributed by atoms with E-state index in [0.29, 0.717) is 4.83 Å². The largest absolute Gasteiger partial charge is 0.457 e. The second-order valence-corrected chi connectivity index (χ2v) is 5.60. The van der Waals surface area contributed by atoms with Crippen molar-refractivity contribution in [3.8, 4) is 0 Å². The molecule has 0 aromatic carbocycles. The Morgan fingerprint density at radius 2 is 2.27 bits per heavy atom. The first-order chi connectivity index (χ1) is 7.24. The summed E-state index contributed by atoms with van der Waals surface area (Å²) in [5.41, 5.74) is 2.32. The van der Waals surface area contributed by atoms with Crippen LogP contribution in [0.2, 0.25) is 0 Å². The molecule has 78 valence electrons. The van der Waals surface area contributed by atoms with Gasteiger partial charge in [0.1, 0.15) is 11.2 Å². The average Bonchev–Trinajstić information content (AvgIpc) is 2.53. The summed E-state index contributed by atoms with van der Waals surface area (Å²) in [6, 6.07) is 0. The van der Waals surface area contributed by atoms with Gasteiger partial charge in [-0.3, -0.25) is 0 Å². The molecule has 15 heavy (non-hydrogen) atoms. The monoisotopic (exact) mass is 284 g/mol. The molecule has 1 atom stereocenters. The van der Waals surface area contributed by atoms with Crippen molar-refractivity contribution in [1.82, 2.24) is 0 Å². The van der Waals surface area contributed by atoms with E-state index in [1.165, 1.54) is 10.8 Å². The molecule has 0 aliphatic heterocycles. The topological polar surface area (TPSA) is 13.1 Å². The molecule has 0 fully saturated rings. The standard InChI is InChI=1S/C12H10BrClO/c13-7-1-3-9-10-4-2-8(14)6-12(10)15-11(9)5-7/h3,5-7H,1-2,4H2. The zero-order chi connectivity index (χ0) is 10.4. The van der Waals surface area contributed by atoms with Gasteiger partial charge in [0.2, 0.25) is 0 Å². The van der Waals surface area contributed by atoms with Crippen LogP contribution in [0.15, 0.2) is 9.45 Å². The van der Waals surface area contributed by atoms with Crippen molar-refractivity contribution < 1.29 is 4.42 Å². The second kappa shape index (κ2) is 3.53. The van der Waals surface area contributed by atoms with Gasteiger partial charge in [-0.1, -0.05) is 33.6 Å². The van der Waals surface area contributed by atoms with Gasteiger partial charge < -0.3 is 4.42 Å². The number of alkyl halides is 1. The molecule has 3 rings (SSSR count). The van der Waals surface area contributed by atoms with Gasteiger partial charge in [0.15, 0.2) is 0 Å². The molecule has 1 nitrogen and oxygen atoms in total. The van der Waals surface area contributed by atoms with Gasteiger partial charge in [-0.25, -0.2) is 0 Å². The third kappa shape index (κ3) is 1.60. The molecular weight excluding hydrogens is 275 g/mol. The van der Waals surface area contributed by atoms with Crippen LogP contribution >= 0.6 is 27.5 Å². The minimum absolute atomic E-state index is 0.400. The number of rotatable bonds is 0. The van der Waals surface area contributed by atoms with Gasteiger partial charge >= 0.3 is 0 Å². The van der Waals surface area contributed by atoms with E-state index in [1.807, 2.05) is 6.08 Å². The van der Waals surface area contributed by atoms with Gasteiger partial charge in [0, 0.05) is 20.6 Å². The van der Waals surface area contributed by atoms with Crippen LogP contribution < -0.4 is 10.6 Å². The van der Waals surface area contributed by atoms with E-state index in [-0.39, 0.29) is 0 Å². The second-order valence-electron chi connectivity index (χ2n) is 3.94. The van der Waals surface area contributed by atoms with Crippen molar-refractivity contribution in [2.75, 3.05) is 0 Å². The zero-order valence-corrected chi connectivity index (χ0v) is 10.4. The third-order valence-electron chi connectivity index (χ3n) is 2.89. The Bertz CT molecular complexity index is 553. The van der Waals surface area contributed by atoms with Crippen LogP contribution in [0.4, 0.5) is 0 Å². The van der Waals surface area contributed by atoms with Crippen LogP contribution in [-0.2, 0) is 6.42 Å². The highest BCUT2D eigenvalue weighted by molar-refractivity contribution is 9.09. The average molecular weight is 286 g/mol. The Balaban J connectivity index is 2.29. The van der Waals surface area contributed by atoms with Gasteiger partial charge in [0.05, 0.1) is 0 Å². The van der Waals surface area contributed by atoms with Gasteiger partial charge in [0.25, 0.3) is 0 Å². The summed E-state index contributed by atoms with van der Waals surface area (Å²) in [6.07, 6.45) is 9.31. The van der Waals surface area contributed by atoms with E-state index < -0.39 is 0 Å². The molecule has 0 N–H and O–H groups in total. The van der Waals surface area contributed by atoms with Crippen LogP contribution in [0, 0.1) is 0 Å². The molecule has 0 bridgehead atoms. The molecule has 0 saturated heterocycles. The van der Waals surface area contributed by atoms with Crippen molar-refractivity contribution in [2.24, 2.45) is 0 Å². The molecule has 0 spiro atoms. The number of furan rings is 1. The Morgan fingerprint density at radius 3 is 3.13 bits per heavy atom. The molecule has 2 aliphatic rings. The highest BCUT2D eigenvalue weighted by Gasteiger charge is 2.17. The van der Waals surface area contributed by atoms with E-state index in [0.717, 1.165) is 35.5 Å². The minimum atomic E-state index is 0.400. The molecule has 0 radical (unpaired) electrons. The number of hydrogen-bond donors (Lipinski definition) is 0. The van der Waals surface area contributed by atoms with Crippen LogP contribution in [-0.4, -0.2) is 4.83 Å². The molecule has 2 aliphatic carbocycles. The molecule has 1 aromatic rings. The predicted octanol–water partition coefficient (Wildman–Crippen LogP) is 2.53. The zero-order valence-electron chi connectivity index (χ0n) is 8.09. The fraction of sp³-hybridized carbons (Fsp3) is 0.333. The molecular formula is C12H10BrClO. The van der Waals surface area contributed by atoms with Crippen molar-refractivity contribution in [2.45, 2.75) is 24.1 Å². The number of halogens is 2. The van der Waals surface area contributed by atoms with Gasteiger partial charge in [-0.15, -0.1) is 0 Å². The number of hydrogen-bond acceptors (Lipinski definition) is 1. The maximum absolute atomic E-state index is 6.01. The lowest BCUT2D eigenvalue weighted by Crippen LogP contribution is -2.28. The highest BCUT2D eigenvalue weighted by atomic mass is 79.9. The van der Waals surface area contributed by atoms with Gasteiger partial charge in [-0.2, -0.15) is 0 Å². The minimum Gasteiger partial charge on any atom is -0.457 e. The van der Waals surface area contributed by atoms with Crippen LogP contribution in [0.3, 0.4) is 0 Å². The summed E-state index contributed by atoms with van der Waals surface area (Å²) in [7, 11) is 0. The molecule has 0 saturated carbocycles. The lowest BCUT2D eigenvalue weighted by molar-refractivity contribution is 0.515. The maximum Gasteiger partial charge on any atom is 0.132 e. The molecule has 0 amide bonds. The van der Waals surface area contributed by atoms with E-state index in [1.54, 1.807) is 0 Å². The van der Waals surface area contributed by atoms with Crippen molar-refractivity contribution >= 4 is 45.8 Å². The van der Waals surface area contributed by atoms with Gasteiger partial charge in [-0.05, 0) is 31.4 Å². The van der Waals surface area contributed by atoms with Crippen LogP contribution in [0.5, 0.6) is 0 Å². The summed E-state index contributed by atoms with van der Waals surface area (Å²) in [5.74, 6) is 0.949. The molecule has 1 heterocycles. The third-order valence-corrected chi connectivity index (χ3v) is 3.83. The predicted molar refractivity (Wildman–Crippen MR) is 66.4 cm³/mol. The van der Waals surface area contributed by atoms with Crippen molar-refractivity contribution in [3.05, 3.63) is 27.0 Å². The molecule has 1 aromatic heterocycles. The molecule has 1 unspecified atom stereocenters. The van der Waals surface area contributed by atoms with Crippen molar-refractivity contribution in [1.29, 1.82) is 0 Å². The quantitative estimate of drug-likeness (QED) is 0.668. The SMILES string of the molecule is ClC1=Cc2oc3c(c2CC1)=CCC(Br)C=3. The summed E-state index contributed by atoms with van der Waals surface area (Å²) in [5, 5.41) is 2.17. The van der Waals surface area contributed by atoms with Crippen LogP contribution in [0.1, 0.15) is 24.2 Å². The smallest absolute Gasteiger partial charge is 0.132 e. The first-order valence-electron chi connectivity index (χ1n) is 5.08. The van der Waals surface area contributed by atoms with Crippen LogP contribution in [0.25, 0.3) is 18.2 Å². The summed E-state index contributed by atoms with van der Waals surface area (Å²) in [4.78, 5) is 0.400. The fourth-order valence-corrected chi connectivity index (χ4v) is 2.78. The maximum atomic E-state index is 6.01. The Kier molecular flexibility index (Phi) is 2.29. The Hall–Kier alpha value is -0.470. The number of allylic oxidation sites excluding steroid dienone is 1. The normalized spacial score (nSPS) is 23.3. The lowest BCUT2D eigenvalue weighted by Gasteiger charge is -2.06. The first kappa shape index (κ1) is 9.73.